The molecule has 2 aromatic rings. The molecule has 1 amide bonds. The van der Waals surface area contributed by atoms with Gasteiger partial charge in [-0.05, 0) is 48.7 Å². The lowest BCUT2D eigenvalue weighted by molar-refractivity contribution is -0.129. The molecule has 1 saturated heterocycles. The number of fused-ring (bicyclic) bond motifs is 1. The number of hydrazine groups is 1. The zero-order chi connectivity index (χ0) is 25.9. The second-order valence-electron chi connectivity index (χ2n) is 9.08. The summed E-state index contributed by atoms with van der Waals surface area (Å²) in [6.07, 6.45) is 2.97. The molecule has 10 heteroatoms. The molecule has 1 fully saturated rings. The molecular formula is C26H33N5O4S. The second kappa shape index (κ2) is 10.9. The summed E-state index contributed by atoms with van der Waals surface area (Å²) in [4.78, 5) is 17.9. The Bertz CT molecular complexity index is 1300. The van der Waals surface area contributed by atoms with Crippen LogP contribution >= 0.6 is 0 Å². The zero-order valence-corrected chi connectivity index (χ0v) is 21.5. The topological polar surface area (TPSA) is 128 Å². The number of amides is 1. The lowest BCUT2D eigenvalue weighted by atomic mass is 10.0. The van der Waals surface area contributed by atoms with Gasteiger partial charge in [-0.2, -0.15) is 4.31 Å². The average Bonchev–Trinajstić information content (AvgIpc) is 3.01. The van der Waals surface area contributed by atoms with Gasteiger partial charge >= 0.3 is 0 Å². The summed E-state index contributed by atoms with van der Waals surface area (Å²) in [5.74, 6) is 0.200. The Kier molecular flexibility index (Phi) is 7.89. The van der Waals surface area contributed by atoms with Crippen LogP contribution in [0.3, 0.4) is 0 Å². The van der Waals surface area contributed by atoms with Crippen LogP contribution < -0.4 is 11.2 Å². The predicted octanol–water partition coefficient (Wildman–Crippen LogP) is 2.51. The number of carbonyl (C=O) groups is 1. The summed E-state index contributed by atoms with van der Waals surface area (Å²) in [6, 6.07) is 12.4. The number of aliphatic imine (C=N–C) groups is 1. The average molecular weight is 512 g/mol. The van der Waals surface area contributed by atoms with Crippen molar-refractivity contribution in [3.8, 4) is 11.1 Å². The maximum atomic E-state index is 13.1. The van der Waals surface area contributed by atoms with Crippen molar-refractivity contribution >= 4 is 33.5 Å². The number of aliphatic hydroxyl groups excluding tert-OH is 1. The van der Waals surface area contributed by atoms with E-state index in [2.05, 4.69) is 10.4 Å². The fourth-order valence-corrected chi connectivity index (χ4v) is 5.91. The molecular weight excluding hydrogens is 478 g/mol. The van der Waals surface area contributed by atoms with Crippen LogP contribution in [0.5, 0.6) is 0 Å². The van der Waals surface area contributed by atoms with Crippen molar-refractivity contribution in [3.63, 3.8) is 0 Å². The molecule has 0 radical (unpaired) electrons. The SMILES string of the molecule is CCCNN(CC)C(=O)C1=Cc2ccc(-c3cccc(S(=O)(=O)N4CC(CO)C4)c3)cc2N=C(N)C1. The minimum Gasteiger partial charge on any atom is -0.396 e. The first-order valence-electron chi connectivity index (χ1n) is 12.2. The smallest absolute Gasteiger partial charge is 0.264 e. The first-order chi connectivity index (χ1) is 17.3. The summed E-state index contributed by atoms with van der Waals surface area (Å²) in [5.41, 5.74) is 12.8. The number of amidine groups is 1. The molecule has 4 rings (SSSR count). The Morgan fingerprint density at radius 3 is 2.64 bits per heavy atom. The van der Waals surface area contributed by atoms with Crippen LogP contribution in [0, 0.1) is 5.92 Å². The molecule has 2 heterocycles. The number of nitrogens with one attached hydrogen (secondary N) is 1. The highest BCUT2D eigenvalue weighted by Crippen LogP contribution is 2.33. The molecule has 2 aliphatic heterocycles. The highest BCUT2D eigenvalue weighted by molar-refractivity contribution is 7.89. The molecule has 0 aliphatic carbocycles. The van der Waals surface area contributed by atoms with E-state index in [1.165, 1.54) is 4.31 Å². The van der Waals surface area contributed by atoms with Crippen LogP contribution in [0.2, 0.25) is 0 Å². The molecule has 0 atom stereocenters. The molecule has 0 spiro atoms. The standard InChI is InChI=1S/C26H33N5O4S/c1-3-10-28-31(4-2)26(33)22-11-21-9-8-20(13-24(21)29-25(27)14-22)19-6-5-7-23(12-19)36(34,35)30-15-18(16-30)17-32/h5-9,11-13,18,28,32H,3-4,10,14-17H2,1-2H3,(H2,27,29). The number of nitrogens with two attached hydrogens (primary N) is 1. The quantitative estimate of drug-likeness (QED) is 0.444. The number of nitrogens with zero attached hydrogens (tertiary/aromatic N) is 3. The van der Waals surface area contributed by atoms with Gasteiger partial charge in [0, 0.05) is 56.3 Å². The normalized spacial score (nSPS) is 16.4. The van der Waals surface area contributed by atoms with E-state index in [9.17, 15) is 18.3 Å². The van der Waals surface area contributed by atoms with E-state index in [-0.39, 0.29) is 29.7 Å². The van der Waals surface area contributed by atoms with E-state index in [0.717, 1.165) is 23.1 Å². The van der Waals surface area contributed by atoms with Crippen LogP contribution in [0.1, 0.15) is 32.3 Å². The highest BCUT2D eigenvalue weighted by Gasteiger charge is 2.36. The van der Waals surface area contributed by atoms with Gasteiger partial charge < -0.3 is 10.8 Å². The molecule has 4 N–H and O–H groups in total. The zero-order valence-electron chi connectivity index (χ0n) is 20.6. The van der Waals surface area contributed by atoms with Gasteiger partial charge in [0.15, 0.2) is 0 Å². The first kappa shape index (κ1) is 26.0. The van der Waals surface area contributed by atoms with Gasteiger partial charge in [-0.25, -0.2) is 18.8 Å². The maximum absolute atomic E-state index is 13.1. The summed E-state index contributed by atoms with van der Waals surface area (Å²) < 4.78 is 27.3. The van der Waals surface area contributed by atoms with Gasteiger partial charge in [0.1, 0.15) is 5.84 Å². The largest absolute Gasteiger partial charge is 0.396 e. The Labute approximate surface area is 212 Å². The fraction of sp³-hybridized carbons (Fsp3) is 0.385. The minimum absolute atomic E-state index is 0.00693. The fourth-order valence-electron chi connectivity index (χ4n) is 4.27. The summed E-state index contributed by atoms with van der Waals surface area (Å²) >= 11 is 0. The van der Waals surface area contributed by atoms with E-state index in [0.29, 0.717) is 43.3 Å². The number of likely N-dealkylation sites (N-methyl/N-ethyl adjacent to an activating group) is 1. The van der Waals surface area contributed by atoms with Crippen molar-refractivity contribution in [1.29, 1.82) is 0 Å². The number of benzene rings is 2. The van der Waals surface area contributed by atoms with Crippen LogP contribution in [0.4, 0.5) is 5.69 Å². The molecule has 2 aliphatic rings. The van der Waals surface area contributed by atoms with Crippen LogP contribution in [-0.2, 0) is 14.8 Å². The van der Waals surface area contributed by atoms with Gasteiger partial charge in [-0.3, -0.25) is 9.80 Å². The van der Waals surface area contributed by atoms with E-state index >= 15 is 0 Å². The van der Waals surface area contributed by atoms with Crippen molar-refractivity contribution in [2.75, 3.05) is 32.8 Å². The van der Waals surface area contributed by atoms with E-state index in [1.54, 1.807) is 23.2 Å². The van der Waals surface area contributed by atoms with Crippen molar-refractivity contribution in [2.24, 2.45) is 16.6 Å². The monoisotopic (exact) mass is 511 g/mol. The Morgan fingerprint density at radius 1 is 1.19 bits per heavy atom. The van der Waals surface area contributed by atoms with Crippen LogP contribution in [0.15, 0.2) is 57.9 Å². The van der Waals surface area contributed by atoms with Crippen molar-refractivity contribution in [1.82, 2.24) is 14.7 Å². The molecule has 0 saturated carbocycles. The number of sulfonamides is 1. The molecule has 0 aromatic heterocycles. The van der Waals surface area contributed by atoms with Crippen LogP contribution in [-0.4, -0.2) is 67.4 Å². The third-order valence-electron chi connectivity index (χ3n) is 6.37. The van der Waals surface area contributed by atoms with E-state index in [1.807, 2.05) is 44.2 Å². The Hall–Kier alpha value is -3.05. The third-order valence-corrected chi connectivity index (χ3v) is 8.20. The van der Waals surface area contributed by atoms with Gasteiger partial charge in [0.05, 0.1) is 10.6 Å². The molecule has 0 bridgehead atoms. The van der Waals surface area contributed by atoms with Crippen molar-refractivity contribution in [3.05, 3.63) is 53.6 Å². The lowest BCUT2D eigenvalue weighted by Gasteiger charge is -2.36. The first-order valence-corrected chi connectivity index (χ1v) is 13.6. The van der Waals surface area contributed by atoms with Crippen molar-refractivity contribution in [2.45, 2.75) is 31.6 Å². The second-order valence-corrected chi connectivity index (χ2v) is 11.0. The minimum atomic E-state index is -3.62. The molecule has 192 valence electrons. The number of hydrogen-bond donors (Lipinski definition) is 3. The van der Waals surface area contributed by atoms with Crippen LogP contribution in [0.25, 0.3) is 17.2 Å². The molecule has 9 nitrogen and oxygen atoms in total. The molecule has 2 aromatic carbocycles. The van der Waals surface area contributed by atoms with E-state index < -0.39 is 10.0 Å². The number of carbonyl (C=O) groups excluding carboxylic acids is 1. The number of hydrogen-bond acceptors (Lipinski definition) is 7. The Morgan fingerprint density at radius 2 is 1.94 bits per heavy atom. The lowest BCUT2D eigenvalue weighted by Crippen LogP contribution is -2.51. The summed E-state index contributed by atoms with van der Waals surface area (Å²) in [5, 5.41) is 10.8. The van der Waals surface area contributed by atoms with Gasteiger partial charge in [0.2, 0.25) is 10.0 Å². The van der Waals surface area contributed by atoms with Gasteiger partial charge in [-0.1, -0.05) is 31.2 Å². The van der Waals surface area contributed by atoms with Crippen molar-refractivity contribution < 1.29 is 18.3 Å². The number of rotatable bonds is 9. The summed E-state index contributed by atoms with van der Waals surface area (Å²) in [6.45, 7) is 5.81. The number of aliphatic hydroxyl groups is 1. The van der Waals surface area contributed by atoms with Gasteiger partial charge in [-0.15, -0.1) is 0 Å². The third kappa shape index (κ3) is 5.36. The van der Waals surface area contributed by atoms with Gasteiger partial charge in [0.25, 0.3) is 5.91 Å². The predicted molar refractivity (Wildman–Crippen MR) is 141 cm³/mol. The maximum Gasteiger partial charge on any atom is 0.264 e. The summed E-state index contributed by atoms with van der Waals surface area (Å²) in [7, 11) is -3.62. The molecule has 0 unspecified atom stereocenters. The molecule has 36 heavy (non-hydrogen) atoms. The Balaban J connectivity index is 1.63. The van der Waals surface area contributed by atoms with E-state index in [4.69, 9.17) is 5.73 Å². The highest BCUT2D eigenvalue weighted by atomic mass is 32.2.